The van der Waals surface area contributed by atoms with Gasteiger partial charge in [-0.15, -0.1) is 0 Å². The van der Waals surface area contributed by atoms with Crippen LogP contribution in [0.2, 0.25) is 0 Å². The van der Waals surface area contributed by atoms with Crippen molar-refractivity contribution in [2.45, 2.75) is 6.54 Å². The molecule has 0 atom stereocenters. The van der Waals surface area contributed by atoms with E-state index in [1.165, 1.54) is 6.07 Å². The maximum absolute atomic E-state index is 14.7. The van der Waals surface area contributed by atoms with Gasteiger partial charge in [0, 0.05) is 35.5 Å². The van der Waals surface area contributed by atoms with Crippen LogP contribution in [0, 0.1) is 17.1 Å². The number of hydrogen-bond donors (Lipinski definition) is 2. The van der Waals surface area contributed by atoms with Gasteiger partial charge in [0.2, 0.25) is 0 Å². The first-order chi connectivity index (χ1) is 15.5. The van der Waals surface area contributed by atoms with Crippen molar-refractivity contribution in [2.24, 2.45) is 12.8 Å². The highest BCUT2D eigenvalue weighted by molar-refractivity contribution is 5.97. The number of fused-ring (bicyclic) bond motifs is 2. The zero-order valence-electron chi connectivity index (χ0n) is 17.1. The quantitative estimate of drug-likeness (QED) is 0.459. The summed E-state index contributed by atoms with van der Waals surface area (Å²) in [5.74, 6) is -0.451. The Morgan fingerprint density at radius 1 is 1.16 bits per heavy atom. The molecule has 5 rings (SSSR count). The summed E-state index contributed by atoms with van der Waals surface area (Å²) in [6.45, 7) is 0.166. The van der Waals surface area contributed by atoms with E-state index in [-0.39, 0.29) is 23.1 Å². The van der Waals surface area contributed by atoms with Gasteiger partial charge in [-0.2, -0.15) is 15.5 Å². The third-order valence-electron chi connectivity index (χ3n) is 5.67. The SMILES string of the molecule is Cn1ncc(-c2ccc3c(=O)[nH]nc(CN)c3c2)c1-c1ccc2cccc(F)c2c1C#N. The lowest BCUT2D eigenvalue weighted by atomic mass is 9.93. The van der Waals surface area contributed by atoms with Gasteiger partial charge in [0.1, 0.15) is 11.9 Å². The van der Waals surface area contributed by atoms with Gasteiger partial charge in [0.05, 0.1) is 28.5 Å². The zero-order valence-corrected chi connectivity index (χ0v) is 17.1. The first kappa shape index (κ1) is 19.6. The molecule has 3 N–H and O–H groups in total. The van der Waals surface area contributed by atoms with Crippen LogP contribution in [0.1, 0.15) is 11.3 Å². The van der Waals surface area contributed by atoms with Crippen molar-refractivity contribution < 1.29 is 4.39 Å². The highest BCUT2D eigenvalue weighted by atomic mass is 19.1. The van der Waals surface area contributed by atoms with Crippen molar-refractivity contribution in [3.8, 4) is 28.5 Å². The molecule has 0 saturated carbocycles. The van der Waals surface area contributed by atoms with Gasteiger partial charge in [0.15, 0.2) is 0 Å². The van der Waals surface area contributed by atoms with E-state index in [4.69, 9.17) is 5.73 Å². The molecule has 0 aliphatic rings. The molecule has 8 heteroatoms. The minimum absolute atomic E-state index is 0.166. The molecule has 2 heterocycles. The first-order valence-corrected chi connectivity index (χ1v) is 9.89. The summed E-state index contributed by atoms with van der Waals surface area (Å²) in [7, 11) is 1.77. The molecule has 0 amide bonds. The van der Waals surface area contributed by atoms with E-state index in [0.717, 1.165) is 11.1 Å². The number of halogens is 1. The van der Waals surface area contributed by atoms with E-state index in [0.29, 0.717) is 33.1 Å². The second kappa shape index (κ2) is 7.41. The van der Waals surface area contributed by atoms with Crippen LogP contribution in [0.25, 0.3) is 43.9 Å². The molecule has 0 fully saturated rings. The van der Waals surface area contributed by atoms with Crippen LogP contribution in [0.3, 0.4) is 0 Å². The van der Waals surface area contributed by atoms with Gasteiger partial charge in [-0.05, 0) is 29.1 Å². The third-order valence-corrected chi connectivity index (χ3v) is 5.67. The smallest absolute Gasteiger partial charge is 0.272 e. The van der Waals surface area contributed by atoms with E-state index in [9.17, 15) is 14.4 Å². The lowest BCUT2D eigenvalue weighted by Gasteiger charge is -2.12. The Morgan fingerprint density at radius 2 is 2.00 bits per heavy atom. The Labute approximate surface area is 181 Å². The molecule has 156 valence electrons. The lowest BCUT2D eigenvalue weighted by molar-refractivity contribution is 0.639. The van der Waals surface area contributed by atoms with E-state index >= 15 is 0 Å². The van der Waals surface area contributed by atoms with Crippen LogP contribution in [0.4, 0.5) is 4.39 Å². The fourth-order valence-electron chi connectivity index (χ4n) is 4.16. The van der Waals surface area contributed by atoms with Crippen molar-refractivity contribution in [2.75, 3.05) is 0 Å². The van der Waals surface area contributed by atoms with Crippen molar-refractivity contribution in [1.82, 2.24) is 20.0 Å². The van der Waals surface area contributed by atoms with Crippen LogP contribution < -0.4 is 11.3 Å². The molecule has 0 bridgehead atoms. The Morgan fingerprint density at radius 3 is 2.78 bits per heavy atom. The number of nitriles is 1. The van der Waals surface area contributed by atoms with Crippen LogP contribution in [-0.4, -0.2) is 20.0 Å². The molecular weight excluding hydrogens is 407 g/mol. The fraction of sp³-hybridized carbons (Fsp3) is 0.0833. The number of aryl methyl sites for hydroxylation is 1. The predicted octanol–water partition coefficient (Wildman–Crippen LogP) is 3.61. The summed E-state index contributed by atoms with van der Waals surface area (Å²) in [6, 6.07) is 15.9. The number of aromatic amines is 1. The molecule has 2 aromatic heterocycles. The fourth-order valence-corrected chi connectivity index (χ4v) is 4.16. The van der Waals surface area contributed by atoms with E-state index in [1.807, 2.05) is 12.1 Å². The number of nitrogens with zero attached hydrogens (tertiary/aromatic N) is 4. The maximum Gasteiger partial charge on any atom is 0.272 e. The molecular formula is C24H17FN6O. The zero-order chi connectivity index (χ0) is 22.4. The summed E-state index contributed by atoms with van der Waals surface area (Å²) in [5, 5.41) is 22.9. The molecule has 7 nitrogen and oxygen atoms in total. The summed E-state index contributed by atoms with van der Waals surface area (Å²) in [5.41, 5.74) is 9.08. The second-order valence-corrected chi connectivity index (χ2v) is 7.43. The molecule has 0 spiro atoms. The van der Waals surface area contributed by atoms with Gasteiger partial charge < -0.3 is 5.73 Å². The normalized spacial score (nSPS) is 11.2. The van der Waals surface area contributed by atoms with Gasteiger partial charge in [0.25, 0.3) is 5.56 Å². The van der Waals surface area contributed by atoms with Crippen LogP contribution >= 0.6 is 0 Å². The predicted molar refractivity (Wildman–Crippen MR) is 120 cm³/mol. The average Bonchev–Trinajstić information content (AvgIpc) is 3.19. The number of nitrogens with two attached hydrogens (primary N) is 1. The highest BCUT2D eigenvalue weighted by Gasteiger charge is 2.20. The standard InChI is InChI=1S/C24H17FN6O/c1-31-23(15-7-5-13-3-2-4-20(25)22(13)18(15)10-26)19(12-28-31)14-6-8-16-17(9-14)21(11-27)29-30-24(16)32/h2-9,12H,11,27H2,1H3,(H,30,32). The number of hydrogen-bond acceptors (Lipinski definition) is 5. The molecule has 0 aliphatic carbocycles. The summed E-state index contributed by atoms with van der Waals surface area (Å²) < 4.78 is 16.3. The van der Waals surface area contributed by atoms with Crippen LogP contribution in [-0.2, 0) is 13.6 Å². The number of benzene rings is 3. The number of nitrogens with one attached hydrogen (secondary N) is 1. The van der Waals surface area contributed by atoms with E-state index in [2.05, 4.69) is 21.4 Å². The molecule has 0 aliphatic heterocycles. The topological polar surface area (TPSA) is 113 Å². The van der Waals surface area contributed by atoms with Crippen molar-refractivity contribution >= 4 is 21.5 Å². The largest absolute Gasteiger partial charge is 0.325 e. The van der Waals surface area contributed by atoms with Gasteiger partial charge in [-0.1, -0.05) is 30.3 Å². The minimum Gasteiger partial charge on any atom is -0.325 e. The Bertz CT molecular complexity index is 1630. The van der Waals surface area contributed by atoms with Gasteiger partial charge >= 0.3 is 0 Å². The van der Waals surface area contributed by atoms with Crippen LogP contribution in [0.5, 0.6) is 0 Å². The average molecular weight is 424 g/mol. The second-order valence-electron chi connectivity index (χ2n) is 7.43. The van der Waals surface area contributed by atoms with Crippen molar-refractivity contribution in [3.63, 3.8) is 0 Å². The molecule has 0 unspecified atom stereocenters. The van der Waals surface area contributed by atoms with E-state index < -0.39 is 5.82 Å². The van der Waals surface area contributed by atoms with Gasteiger partial charge in [-0.3, -0.25) is 9.48 Å². The molecule has 0 radical (unpaired) electrons. The summed E-state index contributed by atoms with van der Waals surface area (Å²) in [6.07, 6.45) is 1.69. The first-order valence-electron chi connectivity index (χ1n) is 9.89. The maximum atomic E-state index is 14.7. The summed E-state index contributed by atoms with van der Waals surface area (Å²) >= 11 is 0. The third kappa shape index (κ3) is 2.87. The monoisotopic (exact) mass is 424 g/mol. The van der Waals surface area contributed by atoms with Crippen LogP contribution in [0.15, 0.2) is 59.5 Å². The lowest BCUT2D eigenvalue weighted by Crippen LogP contribution is -2.13. The molecule has 3 aromatic carbocycles. The minimum atomic E-state index is -0.451. The Kier molecular flexibility index (Phi) is 4.54. The van der Waals surface area contributed by atoms with E-state index in [1.54, 1.807) is 48.3 Å². The number of rotatable bonds is 3. The van der Waals surface area contributed by atoms with Crippen molar-refractivity contribution in [3.05, 3.63) is 82.2 Å². The Balaban J connectivity index is 1.80. The van der Waals surface area contributed by atoms with Crippen molar-refractivity contribution in [1.29, 1.82) is 5.26 Å². The molecule has 32 heavy (non-hydrogen) atoms. The van der Waals surface area contributed by atoms with Gasteiger partial charge in [-0.25, -0.2) is 9.49 Å². The Hall–Kier alpha value is -4.35. The summed E-state index contributed by atoms with van der Waals surface area (Å²) in [4.78, 5) is 12.2. The number of aromatic nitrogens is 4. The molecule has 0 saturated heterocycles. The number of H-pyrrole nitrogens is 1. The highest BCUT2D eigenvalue weighted by Crippen LogP contribution is 2.37. The molecule has 5 aromatic rings.